The number of nitrogens with one attached hydrogen (secondary N) is 1. The van der Waals surface area contributed by atoms with E-state index in [4.69, 9.17) is 20.8 Å². The molecule has 1 aliphatic rings. The third-order valence-electron chi connectivity index (χ3n) is 3.47. The lowest BCUT2D eigenvalue weighted by atomic mass is 10.2. The summed E-state index contributed by atoms with van der Waals surface area (Å²) in [4.78, 5) is 13.2. The molecule has 0 aromatic carbocycles. The second-order valence-electron chi connectivity index (χ2n) is 5.16. The van der Waals surface area contributed by atoms with Gasteiger partial charge in [0.2, 0.25) is 0 Å². The summed E-state index contributed by atoms with van der Waals surface area (Å²) in [5, 5.41) is 3.74. The molecule has 1 aliphatic heterocycles. The van der Waals surface area contributed by atoms with Crippen molar-refractivity contribution in [2.24, 2.45) is 4.99 Å². The maximum Gasteiger partial charge on any atom is 0.253 e. The number of hydrogen-bond acceptors (Lipinski definition) is 6. The smallest absolute Gasteiger partial charge is 0.253 e. The molecule has 3 aromatic rings. The molecule has 7 heteroatoms. The van der Waals surface area contributed by atoms with E-state index in [-0.39, 0.29) is 6.10 Å². The van der Waals surface area contributed by atoms with Crippen molar-refractivity contribution in [3.8, 4) is 0 Å². The van der Waals surface area contributed by atoms with Crippen molar-refractivity contribution < 1.29 is 9.15 Å². The van der Waals surface area contributed by atoms with Gasteiger partial charge in [-0.3, -0.25) is 0 Å². The van der Waals surface area contributed by atoms with E-state index in [1.807, 2.05) is 24.3 Å². The average Bonchev–Trinajstić information content (AvgIpc) is 3.27. The molecule has 0 bridgehead atoms. The first-order chi connectivity index (χ1) is 11.8. The fraction of sp³-hybridized carbons (Fsp3) is 0.118. The van der Waals surface area contributed by atoms with Crippen molar-refractivity contribution in [2.75, 3.05) is 11.9 Å². The molecule has 0 aliphatic carbocycles. The monoisotopic (exact) mass is 340 g/mol. The number of anilines is 2. The Morgan fingerprint density at radius 2 is 2.08 bits per heavy atom. The Labute approximate surface area is 143 Å². The fourth-order valence-corrected chi connectivity index (χ4v) is 2.53. The third kappa shape index (κ3) is 3.09. The number of hydrogen-bond donors (Lipinski definition) is 1. The van der Waals surface area contributed by atoms with E-state index < -0.39 is 0 Å². The Balaban J connectivity index is 1.49. The highest BCUT2D eigenvalue weighted by atomic mass is 35.5. The van der Waals surface area contributed by atoms with Crippen LogP contribution in [0.25, 0.3) is 0 Å². The Morgan fingerprint density at radius 3 is 2.92 bits per heavy atom. The molecule has 120 valence electrons. The van der Waals surface area contributed by atoms with Gasteiger partial charge in [-0.25, -0.2) is 15.0 Å². The molecule has 3 aromatic heterocycles. The van der Waals surface area contributed by atoms with Crippen molar-refractivity contribution >= 4 is 29.1 Å². The van der Waals surface area contributed by atoms with Gasteiger partial charge in [-0.05, 0) is 36.4 Å². The highest BCUT2D eigenvalue weighted by molar-refractivity contribution is 6.30. The lowest BCUT2D eigenvalue weighted by Gasteiger charge is -2.12. The third-order valence-corrected chi connectivity index (χ3v) is 3.70. The lowest BCUT2D eigenvalue weighted by molar-refractivity contribution is 0.221. The largest absolute Gasteiger partial charge is 0.463 e. The van der Waals surface area contributed by atoms with Gasteiger partial charge in [-0.2, -0.15) is 0 Å². The summed E-state index contributed by atoms with van der Waals surface area (Å²) in [5.41, 5.74) is 0.785. The number of ether oxygens (including phenoxy) is 1. The summed E-state index contributed by atoms with van der Waals surface area (Å²) in [5.74, 6) is 2.42. The van der Waals surface area contributed by atoms with Crippen LogP contribution in [0.15, 0.2) is 64.3 Å². The second kappa shape index (κ2) is 6.33. The van der Waals surface area contributed by atoms with E-state index in [1.165, 1.54) is 0 Å². The predicted octanol–water partition coefficient (Wildman–Crippen LogP) is 3.98. The minimum absolute atomic E-state index is 0.237. The number of aliphatic imine (C=N–C) groups is 1. The van der Waals surface area contributed by atoms with Crippen LogP contribution in [0.1, 0.15) is 17.6 Å². The number of aromatic nitrogens is 2. The molecule has 1 unspecified atom stereocenters. The van der Waals surface area contributed by atoms with Crippen molar-refractivity contribution in [1.29, 1.82) is 0 Å². The van der Waals surface area contributed by atoms with Gasteiger partial charge in [-0.1, -0.05) is 17.7 Å². The molecule has 0 saturated carbocycles. The van der Waals surface area contributed by atoms with Crippen molar-refractivity contribution in [2.45, 2.75) is 6.10 Å². The quantitative estimate of drug-likeness (QED) is 0.777. The van der Waals surface area contributed by atoms with Crippen molar-refractivity contribution in [1.82, 2.24) is 9.97 Å². The highest BCUT2D eigenvalue weighted by Crippen LogP contribution is 2.26. The van der Waals surface area contributed by atoms with Crippen LogP contribution in [0.5, 0.6) is 0 Å². The summed E-state index contributed by atoms with van der Waals surface area (Å²) in [7, 11) is 0. The van der Waals surface area contributed by atoms with Crippen LogP contribution >= 0.6 is 11.6 Å². The van der Waals surface area contributed by atoms with Gasteiger partial charge in [-0.15, -0.1) is 0 Å². The maximum absolute atomic E-state index is 5.97. The summed E-state index contributed by atoms with van der Waals surface area (Å²) in [6, 6.07) is 12.7. The Hall–Kier alpha value is -2.86. The van der Waals surface area contributed by atoms with Crippen molar-refractivity contribution in [3.63, 3.8) is 0 Å². The number of rotatable bonds is 4. The number of nitrogens with zero attached hydrogens (tertiary/aromatic N) is 3. The highest BCUT2D eigenvalue weighted by Gasteiger charge is 2.25. The van der Waals surface area contributed by atoms with Crippen LogP contribution in [0.4, 0.5) is 11.6 Å². The Bertz CT molecular complexity index is 880. The molecular weight excluding hydrogens is 328 g/mol. The van der Waals surface area contributed by atoms with Gasteiger partial charge in [0.05, 0.1) is 18.5 Å². The Morgan fingerprint density at radius 1 is 1.12 bits per heavy atom. The van der Waals surface area contributed by atoms with E-state index in [2.05, 4.69) is 20.3 Å². The number of halogens is 1. The maximum atomic E-state index is 5.97. The minimum Gasteiger partial charge on any atom is -0.463 e. The molecule has 0 spiro atoms. The molecule has 0 radical (unpaired) electrons. The van der Waals surface area contributed by atoms with E-state index in [9.17, 15) is 0 Å². The lowest BCUT2D eigenvalue weighted by Crippen LogP contribution is -2.08. The Kier molecular flexibility index (Phi) is 3.88. The zero-order valence-corrected chi connectivity index (χ0v) is 13.3. The minimum atomic E-state index is -0.237. The molecule has 0 fully saturated rings. The standard InChI is InChI=1S/C17H13ClN4O2/c18-11-6-7-19-16(9-11)22-15-5-1-3-12(21-15)14-10-20-17(24-14)13-4-2-8-23-13/h1-9,14H,10H2,(H,19,21,22). The summed E-state index contributed by atoms with van der Waals surface area (Å²) < 4.78 is 11.2. The first kappa shape index (κ1) is 14.7. The molecule has 1 atom stereocenters. The van der Waals surface area contributed by atoms with Crippen LogP contribution in [0, 0.1) is 0 Å². The molecular formula is C17H13ClN4O2. The van der Waals surface area contributed by atoms with Gasteiger partial charge >= 0.3 is 0 Å². The summed E-state index contributed by atoms with van der Waals surface area (Å²) >= 11 is 5.97. The molecule has 24 heavy (non-hydrogen) atoms. The van der Waals surface area contributed by atoms with E-state index >= 15 is 0 Å². The predicted molar refractivity (Wildman–Crippen MR) is 90.7 cm³/mol. The second-order valence-corrected chi connectivity index (χ2v) is 5.60. The van der Waals surface area contributed by atoms with Gasteiger partial charge in [0.25, 0.3) is 5.90 Å². The van der Waals surface area contributed by atoms with Gasteiger partial charge in [0, 0.05) is 11.2 Å². The number of pyridine rings is 2. The van der Waals surface area contributed by atoms with Crippen LogP contribution in [0.3, 0.4) is 0 Å². The number of furan rings is 1. The van der Waals surface area contributed by atoms with Crippen LogP contribution < -0.4 is 5.32 Å². The SMILES string of the molecule is Clc1ccnc(Nc2cccc(C3CN=C(c4ccco4)O3)n2)c1. The van der Waals surface area contributed by atoms with E-state index in [0.29, 0.717) is 34.9 Å². The van der Waals surface area contributed by atoms with Crippen molar-refractivity contribution in [3.05, 3.63) is 71.4 Å². The summed E-state index contributed by atoms with van der Waals surface area (Å²) in [6.45, 7) is 0.502. The molecule has 0 saturated heterocycles. The zero-order valence-electron chi connectivity index (χ0n) is 12.5. The zero-order chi connectivity index (χ0) is 16.4. The molecule has 4 rings (SSSR count). The fourth-order valence-electron chi connectivity index (χ4n) is 2.37. The summed E-state index contributed by atoms with van der Waals surface area (Å²) in [6.07, 6.45) is 2.99. The molecule has 4 heterocycles. The van der Waals surface area contributed by atoms with Crippen LogP contribution in [-0.2, 0) is 4.74 Å². The molecule has 0 amide bonds. The van der Waals surface area contributed by atoms with Gasteiger partial charge in [0.1, 0.15) is 11.6 Å². The first-order valence-corrected chi connectivity index (χ1v) is 7.76. The normalized spacial score (nSPS) is 16.5. The van der Waals surface area contributed by atoms with E-state index in [0.717, 1.165) is 5.69 Å². The average molecular weight is 341 g/mol. The van der Waals surface area contributed by atoms with Crippen LogP contribution in [0.2, 0.25) is 5.02 Å². The first-order valence-electron chi connectivity index (χ1n) is 7.38. The molecule has 6 nitrogen and oxygen atoms in total. The van der Waals surface area contributed by atoms with Gasteiger partial charge < -0.3 is 14.5 Å². The van der Waals surface area contributed by atoms with Gasteiger partial charge in [0.15, 0.2) is 11.9 Å². The topological polar surface area (TPSA) is 72.5 Å². The van der Waals surface area contributed by atoms with E-state index in [1.54, 1.807) is 30.7 Å². The molecule has 1 N–H and O–H groups in total. The van der Waals surface area contributed by atoms with Crippen LogP contribution in [-0.4, -0.2) is 22.4 Å².